The number of benzene rings is 1. The fourth-order valence-electron chi connectivity index (χ4n) is 2.37. The van der Waals surface area contributed by atoms with Crippen LogP contribution in [-0.4, -0.2) is 33.8 Å². The molecule has 0 spiro atoms. The first-order valence-electron chi connectivity index (χ1n) is 8.21. The summed E-state index contributed by atoms with van der Waals surface area (Å²) in [6, 6.07) is 7.95. The molecule has 1 aromatic carbocycles. The van der Waals surface area contributed by atoms with Crippen LogP contribution in [0.1, 0.15) is 31.7 Å². The Labute approximate surface area is 155 Å². The van der Waals surface area contributed by atoms with Crippen molar-refractivity contribution >= 4 is 45.7 Å². The number of anilines is 2. The van der Waals surface area contributed by atoms with Gasteiger partial charge in [0.25, 0.3) is 0 Å². The second-order valence-corrected chi connectivity index (χ2v) is 8.08. The molecule has 1 N–H and O–H groups in total. The second kappa shape index (κ2) is 7.97. The Morgan fingerprint density at radius 2 is 2.16 bits per heavy atom. The summed E-state index contributed by atoms with van der Waals surface area (Å²) in [6.07, 6.45) is 2.50. The molecule has 0 radical (unpaired) electrons. The number of nitrogens with one attached hydrogen (secondary N) is 1. The molecule has 0 aliphatic heterocycles. The molecular weight excluding hydrogens is 356 g/mol. The zero-order chi connectivity index (χ0) is 17.8. The molecule has 25 heavy (non-hydrogen) atoms. The lowest BCUT2D eigenvalue weighted by Gasteiger charge is -2.17. The van der Waals surface area contributed by atoms with E-state index in [-0.39, 0.29) is 23.6 Å². The van der Waals surface area contributed by atoms with Crippen LogP contribution in [0.5, 0.6) is 0 Å². The van der Waals surface area contributed by atoms with E-state index in [2.05, 4.69) is 15.5 Å². The summed E-state index contributed by atoms with van der Waals surface area (Å²) in [4.78, 5) is 25.9. The van der Waals surface area contributed by atoms with Crippen molar-refractivity contribution in [2.45, 2.75) is 43.5 Å². The van der Waals surface area contributed by atoms with Crippen LogP contribution < -0.4 is 10.2 Å². The number of hydrogen-bond acceptors (Lipinski definition) is 6. The van der Waals surface area contributed by atoms with Crippen LogP contribution in [0, 0.1) is 6.92 Å². The van der Waals surface area contributed by atoms with E-state index in [1.807, 2.05) is 38.1 Å². The molecule has 2 amide bonds. The highest BCUT2D eigenvalue weighted by Crippen LogP contribution is 2.36. The Hall–Kier alpha value is -1.93. The number of aromatic nitrogens is 2. The molecule has 1 aliphatic rings. The quantitative estimate of drug-likeness (QED) is 0.591. The van der Waals surface area contributed by atoms with Gasteiger partial charge in [-0.2, -0.15) is 0 Å². The summed E-state index contributed by atoms with van der Waals surface area (Å²) in [5, 5.41) is 11.8. The molecule has 8 heteroatoms. The monoisotopic (exact) mass is 376 g/mol. The van der Waals surface area contributed by atoms with Crippen LogP contribution in [0.2, 0.25) is 0 Å². The maximum absolute atomic E-state index is 12.1. The van der Waals surface area contributed by atoms with Crippen LogP contribution in [0.3, 0.4) is 0 Å². The minimum absolute atomic E-state index is 0.0763. The predicted molar refractivity (Wildman–Crippen MR) is 101 cm³/mol. The van der Waals surface area contributed by atoms with Gasteiger partial charge in [0, 0.05) is 18.2 Å². The number of carbonyl (C=O) groups is 2. The molecule has 1 fully saturated rings. The lowest BCUT2D eigenvalue weighted by molar-refractivity contribution is -0.118. The van der Waals surface area contributed by atoms with Crippen LogP contribution >= 0.6 is 23.1 Å². The largest absolute Gasteiger partial charge is 0.325 e. The number of carbonyl (C=O) groups excluding carboxylic acids is 2. The maximum Gasteiger partial charge on any atom is 0.234 e. The Morgan fingerprint density at radius 1 is 1.36 bits per heavy atom. The molecule has 0 unspecified atom stereocenters. The van der Waals surface area contributed by atoms with Gasteiger partial charge in [0.2, 0.25) is 16.9 Å². The van der Waals surface area contributed by atoms with Gasteiger partial charge in [0.15, 0.2) is 4.34 Å². The summed E-state index contributed by atoms with van der Waals surface area (Å²) < 4.78 is 0.698. The normalized spacial score (nSPS) is 13.5. The second-order valence-electron chi connectivity index (χ2n) is 5.91. The number of hydrogen-bond donors (Lipinski definition) is 1. The summed E-state index contributed by atoms with van der Waals surface area (Å²) in [5.74, 6) is 0.247. The zero-order valence-corrected chi connectivity index (χ0v) is 15.8. The molecule has 0 atom stereocenters. The average molecular weight is 377 g/mol. The lowest BCUT2D eigenvalue weighted by Crippen LogP contribution is -2.32. The van der Waals surface area contributed by atoms with Gasteiger partial charge in [0.1, 0.15) is 0 Å². The summed E-state index contributed by atoms with van der Waals surface area (Å²) >= 11 is 2.71. The molecular formula is C17H20N4O2S2. The average Bonchev–Trinajstić information content (AvgIpc) is 3.31. The summed E-state index contributed by atoms with van der Waals surface area (Å²) in [5.41, 5.74) is 1.89. The first kappa shape index (κ1) is 17.9. The van der Waals surface area contributed by atoms with Gasteiger partial charge in [-0.1, -0.05) is 42.2 Å². The van der Waals surface area contributed by atoms with Gasteiger partial charge < -0.3 is 5.32 Å². The predicted octanol–water partition coefficient (Wildman–Crippen LogP) is 3.48. The first-order valence-corrected chi connectivity index (χ1v) is 10.0. The van der Waals surface area contributed by atoms with Crippen molar-refractivity contribution in [1.82, 2.24) is 10.2 Å². The molecule has 1 saturated carbocycles. The van der Waals surface area contributed by atoms with E-state index in [0.29, 0.717) is 15.9 Å². The molecule has 2 aromatic rings. The molecule has 132 valence electrons. The molecule has 1 aliphatic carbocycles. The lowest BCUT2D eigenvalue weighted by atomic mass is 10.2. The van der Waals surface area contributed by atoms with Gasteiger partial charge in [-0.15, -0.1) is 10.2 Å². The summed E-state index contributed by atoms with van der Waals surface area (Å²) in [7, 11) is 0. The molecule has 3 rings (SSSR count). The van der Waals surface area contributed by atoms with E-state index in [4.69, 9.17) is 0 Å². The Kier molecular flexibility index (Phi) is 5.70. The fourth-order valence-corrected chi connectivity index (χ4v) is 4.11. The van der Waals surface area contributed by atoms with Gasteiger partial charge in [0.05, 0.1) is 5.75 Å². The first-order chi connectivity index (χ1) is 12.1. The van der Waals surface area contributed by atoms with Gasteiger partial charge >= 0.3 is 0 Å². The highest BCUT2D eigenvalue weighted by Gasteiger charge is 2.35. The van der Waals surface area contributed by atoms with Crippen LogP contribution in [0.4, 0.5) is 10.8 Å². The third-order valence-electron chi connectivity index (χ3n) is 3.71. The number of rotatable bonds is 7. The van der Waals surface area contributed by atoms with Crippen LogP contribution in [0.25, 0.3) is 0 Å². The van der Waals surface area contributed by atoms with E-state index in [9.17, 15) is 9.59 Å². The Balaban J connectivity index is 1.56. The smallest absolute Gasteiger partial charge is 0.234 e. The molecule has 6 nitrogen and oxygen atoms in total. The van der Waals surface area contributed by atoms with Gasteiger partial charge in [-0.25, -0.2) is 0 Å². The van der Waals surface area contributed by atoms with E-state index in [1.165, 1.54) is 23.1 Å². The van der Waals surface area contributed by atoms with Crippen molar-refractivity contribution in [2.75, 3.05) is 16.0 Å². The summed E-state index contributed by atoms with van der Waals surface area (Å²) in [6.45, 7) is 3.83. The highest BCUT2D eigenvalue weighted by atomic mass is 32.2. The molecule has 1 heterocycles. The third-order valence-corrected chi connectivity index (χ3v) is 5.77. The van der Waals surface area contributed by atoms with Gasteiger partial charge in [-0.05, 0) is 37.5 Å². The number of thioether (sulfide) groups is 1. The Bertz CT molecular complexity index is 774. The number of nitrogens with zero attached hydrogens (tertiary/aromatic N) is 3. The Morgan fingerprint density at radius 3 is 2.84 bits per heavy atom. The number of amides is 2. The topological polar surface area (TPSA) is 75.2 Å². The van der Waals surface area contributed by atoms with Crippen molar-refractivity contribution in [3.63, 3.8) is 0 Å². The van der Waals surface area contributed by atoms with Crippen LogP contribution in [-0.2, 0) is 9.59 Å². The molecule has 0 bridgehead atoms. The molecule has 0 saturated heterocycles. The third kappa shape index (κ3) is 4.79. The van der Waals surface area contributed by atoms with Crippen molar-refractivity contribution in [3.05, 3.63) is 29.8 Å². The standard InChI is InChI=1S/C17H20N4O2S2/c1-3-15(23)21(13-7-8-13)16-19-20-17(25-16)24-10-14(22)18-12-6-4-5-11(2)9-12/h4-6,9,13H,3,7-8,10H2,1-2H3,(H,18,22). The molecule has 1 aromatic heterocycles. The number of aryl methyl sites for hydroxylation is 1. The fraction of sp³-hybridized carbons (Fsp3) is 0.412. The van der Waals surface area contributed by atoms with E-state index < -0.39 is 0 Å². The maximum atomic E-state index is 12.1. The van der Waals surface area contributed by atoms with E-state index in [0.717, 1.165) is 24.1 Å². The van der Waals surface area contributed by atoms with Gasteiger partial charge in [-0.3, -0.25) is 14.5 Å². The zero-order valence-electron chi connectivity index (χ0n) is 14.2. The van der Waals surface area contributed by atoms with Crippen molar-refractivity contribution in [1.29, 1.82) is 0 Å². The van der Waals surface area contributed by atoms with Crippen molar-refractivity contribution in [3.8, 4) is 0 Å². The van der Waals surface area contributed by atoms with E-state index in [1.54, 1.807) is 4.90 Å². The van der Waals surface area contributed by atoms with Crippen molar-refractivity contribution < 1.29 is 9.59 Å². The highest BCUT2D eigenvalue weighted by molar-refractivity contribution is 8.01. The van der Waals surface area contributed by atoms with Crippen molar-refractivity contribution in [2.24, 2.45) is 0 Å². The minimum atomic E-state index is -0.0870. The van der Waals surface area contributed by atoms with Crippen LogP contribution in [0.15, 0.2) is 28.6 Å². The van der Waals surface area contributed by atoms with E-state index >= 15 is 0 Å². The minimum Gasteiger partial charge on any atom is -0.325 e. The SMILES string of the molecule is CCC(=O)N(c1nnc(SCC(=O)Nc2cccc(C)c2)s1)C1CC1.